The molecule has 3 N–H and O–H groups in total. The third-order valence-electron chi connectivity index (χ3n) is 4.02. The molecule has 0 saturated carbocycles. The van der Waals surface area contributed by atoms with Gasteiger partial charge in [0.2, 0.25) is 0 Å². The summed E-state index contributed by atoms with van der Waals surface area (Å²) in [6, 6.07) is 3.71. The number of piperidine rings is 1. The minimum Gasteiger partial charge on any atom is -0.337 e. The van der Waals surface area contributed by atoms with Crippen molar-refractivity contribution in [2.75, 3.05) is 32.1 Å². The molecule has 6 nitrogen and oxygen atoms in total. The summed E-state index contributed by atoms with van der Waals surface area (Å²) in [6.07, 6.45) is 3.63. The Kier molecular flexibility index (Phi) is 4.92. The van der Waals surface area contributed by atoms with Gasteiger partial charge >= 0.3 is 0 Å². The van der Waals surface area contributed by atoms with Gasteiger partial charge in [-0.05, 0) is 31.5 Å². The molecule has 2 rings (SSSR count). The topological polar surface area (TPSA) is 74.5 Å². The number of anilines is 1. The molecule has 110 valence electrons. The molecule has 1 saturated heterocycles. The molecular formula is C14H23N5O. The number of hydrazine groups is 1. The molecule has 6 heteroatoms. The number of amides is 1. The van der Waals surface area contributed by atoms with Crippen molar-refractivity contribution in [2.24, 2.45) is 5.84 Å². The van der Waals surface area contributed by atoms with E-state index in [0.717, 1.165) is 32.5 Å². The fraction of sp³-hybridized carbons (Fsp3) is 0.571. The predicted octanol–water partition coefficient (Wildman–Crippen LogP) is 0.923. The summed E-state index contributed by atoms with van der Waals surface area (Å²) in [5.41, 5.74) is 3.66. The molecule has 1 aromatic heterocycles. The second-order valence-electron chi connectivity index (χ2n) is 5.16. The van der Waals surface area contributed by atoms with E-state index in [1.165, 1.54) is 0 Å². The summed E-state index contributed by atoms with van der Waals surface area (Å²) >= 11 is 0. The lowest BCUT2D eigenvalue weighted by Crippen LogP contribution is -2.45. The molecule has 0 aliphatic carbocycles. The average molecular weight is 277 g/mol. The summed E-state index contributed by atoms with van der Waals surface area (Å²) in [5.74, 6) is 5.32. The first-order chi connectivity index (χ1) is 9.65. The van der Waals surface area contributed by atoms with Gasteiger partial charge in [-0.25, -0.2) is 0 Å². The first kappa shape index (κ1) is 14.7. The lowest BCUT2D eigenvalue weighted by Gasteiger charge is -2.36. The van der Waals surface area contributed by atoms with E-state index >= 15 is 0 Å². The van der Waals surface area contributed by atoms with E-state index in [4.69, 9.17) is 5.84 Å². The number of nitrogens with two attached hydrogens (primary N) is 1. The number of nitrogen functional groups attached to an aromatic ring is 1. The number of hydrogen-bond donors (Lipinski definition) is 2. The van der Waals surface area contributed by atoms with Crippen LogP contribution in [0.25, 0.3) is 0 Å². The van der Waals surface area contributed by atoms with Crippen molar-refractivity contribution < 1.29 is 4.79 Å². The van der Waals surface area contributed by atoms with Crippen LogP contribution < -0.4 is 11.3 Å². The minimum atomic E-state index is -0.0444. The van der Waals surface area contributed by atoms with Crippen LogP contribution in [0.2, 0.25) is 0 Å². The average Bonchev–Trinajstić information content (AvgIpc) is 2.53. The van der Waals surface area contributed by atoms with E-state index in [9.17, 15) is 4.79 Å². The molecule has 0 bridgehead atoms. The SMILES string of the molecule is CCN1CCC(N(C)C(=O)c2cc(NN)ccn2)CC1. The van der Waals surface area contributed by atoms with Crippen molar-refractivity contribution in [3.05, 3.63) is 24.0 Å². The predicted molar refractivity (Wildman–Crippen MR) is 79.3 cm³/mol. The van der Waals surface area contributed by atoms with Crippen LogP contribution in [-0.2, 0) is 0 Å². The third-order valence-corrected chi connectivity index (χ3v) is 4.02. The summed E-state index contributed by atoms with van der Waals surface area (Å²) in [4.78, 5) is 20.8. The van der Waals surface area contributed by atoms with Crippen molar-refractivity contribution in [1.29, 1.82) is 0 Å². The largest absolute Gasteiger partial charge is 0.337 e. The Bertz CT molecular complexity index is 457. The molecular weight excluding hydrogens is 254 g/mol. The number of rotatable bonds is 4. The van der Waals surface area contributed by atoms with Crippen molar-refractivity contribution in [3.8, 4) is 0 Å². The van der Waals surface area contributed by atoms with Gasteiger partial charge in [0.25, 0.3) is 5.91 Å². The molecule has 1 aromatic rings. The van der Waals surface area contributed by atoms with E-state index in [-0.39, 0.29) is 5.91 Å². The monoisotopic (exact) mass is 277 g/mol. The number of carbonyl (C=O) groups excluding carboxylic acids is 1. The van der Waals surface area contributed by atoms with Crippen molar-refractivity contribution in [1.82, 2.24) is 14.8 Å². The summed E-state index contributed by atoms with van der Waals surface area (Å²) < 4.78 is 0. The van der Waals surface area contributed by atoms with E-state index in [1.54, 1.807) is 18.3 Å². The van der Waals surface area contributed by atoms with Gasteiger partial charge in [0.15, 0.2) is 0 Å². The van der Waals surface area contributed by atoms with E-state index in [2.05, 4.69) is 22.2 Å². The highest BCUT2D eigenvalue weighted by Crippen LogP contribution is 2.17. The number of nitrogens with zero attached hydrogens (tertiary/aromatic N) is 3. The molecule has 0 atom stereocenters. The summed E-state index contributed by atoms with van der Waals surface area (Å²) in [7, 11) is 1.86. The maximum Gasteiger partial charge on any atom is 0.272 e. The van der Waals surface area contributed by atoms with Crippen LogP contribution >= 0.6 is 0 Å². The molecule has 20 heavy (non-hydrogen) atoms. The van der Waals surface area contributed by atoms with Crippen LogP contribution in [-0.4, -0.2) is 53.4 Å². The molecule has 0 radical (unpaired) electrons. The first-order valence-electron chi connectivity index (χ1n) is 7.08. The number of aromatic nitrogens is 1. The number of carbonyl (C=O) groups is 1. The Morgan fingerprint density at radius 3 is 2.85 bits per heavy atom. The quantitative estimate of drug-likeness (QED) is 0.632. The van der Waals surface area contributed by atoms with Crippen LogP contribution in [0.5, 0.6) is 0 Å². The summed E-state index contributed by atoms with van der Waals surface area (Å²) in [6.45, 7) is 5.35. The Balaban J connectivity index is 2.01. The van der Waals surface area contributed by atoms with Crippen LogP contribution in [0.15, 0.2) is 18.3 Å². The van der Waals surface area contributed by atoms with E-state index < -0.39 is 0 Å². The lowest BCUT2D eigenvalue weighted by atomic mass is 10.0. The zero-order chi connectivity index (χ0) is 14.5. The van der Waals surface area contributed by atoms with Crippen LogP contribution in [0.3, 0.4) is 0 Å². The van der Waals surface area contributed by atoms with E-state index in [1.807, 2.05) is 11.9 Å². The van der Waals surface area contributed by atoms with Gasteiger partial charge < -0.3 is 15.2 Å². The van der Waals surface area contributed by atoms with Gasteiger partial charge in [0, 0.05) is 32.4 Å². The van der Waals surface area contributed by atoms with Gasteiger partial charge in [-0.3, -0.25) is 15.6 Å². The number of hydrogen-bond acceptors (Lipinski definition) is 5. The Morgan fingerprint density at radius 2 is 2.25 bits per heavy atom. The fourth-order valence-corrected chi connectivity index (χ4v) is 2.61. The Morgan fingerprint density at radius 1 is 1.55 bits per heavy atom. The van der Waals surface area contributed by atoms with Gasteiger partial charge in [0.1, 0.15) is 5.69 Å². The molecule has 0 spiro atoms. The van der Waals surface area contributed by atoms with Crippen LogP contribution in [0.4, 0.5) is 5.69 Å². The second-order valence-corrected chi connectivity index (χ2v) is 5.16. The molecule has 2 heterocycles. The minimum absolute atomic E-state index is 0.0444. The van der Waals surface area contributed by atoms with Crippen LogP contribution in [0, 0.1) is 0 Å². The van der Waals surface area contributed by atoms with Gasteiger partial charge in [-0.2, -0.15) is 0 Å². The zero-order valence-corrected chi connectivity index (χ0v) is 12.2. The zero-order valence-electron chi connectivity index (χ0n) is 12.2. The number of likely N-dealkylation sites (tertiary alicyclic amines) is 1. The standard InChI is InChI=1S/C14H23N5O/c1-3-19-8-5-12(6-9-19)18(2)14(20)13-10-11(17-15)4-7-16-13/h4,7,10,12H,3,5-6,8-9,15H2,1-2H3,(H,16,17). The number of nitrogens with one attached hydrogen (secondary N) is 1. The van der Waals surface area contributed by atoms with E-state index in [0.29, 0.717) is 17.4 Å². The number of pyridine rings is 1. The second kappa shape index (κ2) is 6.67. The maximum absolute atomic E-state index is 12.4. The molecule has 0 unspecified atom stereocenters. The highest BCUT2D eigenvalue weighted by molar-refractivity contribution is 5.93. The third kappa shape index (κ3) is 3.26. The lowest BCUT2D eigenvalue weighted by molar-refractivity contribution is 0.0641. The Hall–Kier alpha value is -1.66. The molecule has 1 aliphatic rings. The first-order valence-corrected chi connectivity index (χ1v) is 7.08. The van der Waals surface area contributed by atoms with Gasteiger partial charge in [-0.15, -0.1) is 0 Å². The van der Waals surface area contributed by atoms with Gasteiger partial charge in [0.05, 0.1) is 5.69 Å². The van der Waals surface area contributed by atoms with Crippen molar-refractivity contribution in [2.45, 2.75) is 25.8 Å². The maximum atomic E-state index is 12.4. The Labute approximate surface area is 119 Å². The van der Waals surface area contributed by atoms with Crippen molar-refractivity contribution in [3.63, 3.8) is 0 Å². The normalized spacial score (nSPS) is 16.9. The van der Waals surface area contributed by atoms with Crippen LogP contribution in [0.1, 0.15) is 30.3 Å². The molecule has 0 aromatic carbocycles. The summed E-state index contributed by atoms with van der Waals surface area (Å²) in [5, 5.41) is 0. The molecule has 1 amide bonds. The van der Waals surface area contributed by atoms with Crippen molar-refractivity contribution >= 4 is 11.6 Å². The highest BCUT2D eigenvalue weighted by atomic mass is 16.2. The highest BCUT2D eigenvalue weighted by Gasteiger charge is 2.26. The molecule has 1 fully saturated rings. The molecule has 1 aliphatic heterocycles. The fourth-order valence-electron chi connectivity index (χ4n) is 2.61. The van der Waals surface area contributed by atoms with Gasteiger partial charge in [-0.1, -0.05) is 6.92 Å². The smallest absolute Gasteiger partial charge is 0.272 e.